The van der Waals surface area contributed by atoms with Crippen molar-refractivity contribution in [3.05, 3.63) is 75.2 Å². The third kappa shape index (κ3) is 6.48. The van der Waals surface area contributed by atoms with Gasteiger partial charge in [-0.05, 0) is 47.7 Å². The first-order valence-electron chi connectivity index (χ1n) is 12.4. The number of sulfonamides is 1. The van der Waals surface area contributed by atoms with E-state index < -0.39 is 15.6 Å². The molecule has 2 heterocycles. The fourth-order valence-electron chi connectivity index (χ4n) is 4.21. The van der Waals surface area contributed by atoms with Gasteiger partial charge in [0.25, 0.3) is 0 Å². The molecule has 0 amide bonds. The first-order chi connectivity index (χ1) is 17.8. The normalized spacial score (nSPS) is 15.0. The van der Waals surface area contributed by atoms with Crippen LogP contribution in [0.4, 0.5) is 11.4 Å². The molecule has 1 fully saturated rings. The van der Waals surface area contributed by atoms with Gasteiger partial charge < -0.3 is 15.4 Å². The van der Waals surface area contributed by atoms with Crippen molar-refractivity contribution in [1.29, 1.82) is 0 Å². The minimum Gasteiger partial charge on any atom is -0.486 e. The van der Waals surface area contributed by atoms with Crippen LogP contribution < -0.4 is 20.9 Å². The maximum Gasteiger partial charge on any atom is 0.316 e. The highest BCUT2D eigenvalue weighted by molar-refractivity contribution is 7.88. The second kappa shape index (κ2) is 11.0. The third-order valence-electron chi connectivity index (χ3n) is 6.27. The molecule has 11 heteroatoms. The first kappa shape index (κ1) is 27.9. The quantitative estimate of drug-likeness (QED) is 0.438. The lowest BCUT2D eigenvalue weighted by Crippen LogP contribution is -2.49. The van der Waals surface area contributed by atoms with Gasteiger partial charge in [-0.2, -0.15) is 14.1 Å². The molecule has 1 aliphatic heterocycles. The van der Waals surface area contributed by atoms with Crippen LogP contribution in [0.1, 0.15) is 31.9 Å². The van der Waals surface area contributed by atoms with E-state index in [1.807, 2.05) is 38.7 Å². The summed E-state index contributed by atoms with van der Waals surface area (Å²) in [5.74, 6) is 0.0919. The van der Waals surface area contributed by atoms with Crippen LogP contribution in [0, 0.1) is 12.3 Å². The van der Waals surface area contributed by atoms with Gasteiger partial charge in [0, 0.05) is 36.9 Å². The van der Waals surface area contributed by atoms with E-state index in [1.54, 1.807) is 42.6 Å². The zero-order valence-electron chi connectivity index (χ0n) is 22.1. The van der Waals surface area contributed by atoms with E-state index >= 15 is 0 Å². The molecule has 38 heavy (non-hydrogen) atoms. The molecule has 0 aliphatic carbocycles. The summed E-state index contributed by atoms with van der Waals surface area (Å²) in [7, 11) is -3.53. The van der Waals surface area contributed by atoms with Gasteiger partial charge in [0.15, 0.2) is 0 Å². The number of hydrogen-bond donors (Lipinski definition) is 1. The molecule has 0 saturated carbocycles. The molecular weight excluding hydrogens is 526 g/mol. The number of aromatic nitrogens is 2. The average Bonchev–Trinajstić information content (AvgIpc) is 2.85. The van der Waals surface area contributed by atoms with Crippen molar-refractivity contribution in [3.8, 4) is 11.4 Å². The molecule has 204 valence electrons. The van der Waals surface area contributed by atoms with Crippen LogP contribution in [0.3, 0.4) is 0 Å². The topological polar surface area (TPSA) is 111 Å². The molecule has 0 spiro atoms. The summed E-state index contributed by atoms with van der Waals surface area (Å²) < 4.78 is 35.1. The van der Waals surface area contributed by atoms with Gasteiger partial charge in [0.05, 0.1) is 24.2 Å². The summed E-state index contributed by atoms with van der Waals surface area (Å²) in [5.41, 5.74) is 8.56. The van der Waals surface area contributed by atoms with E-state index in [-0.39, 0.29) is 30.0 Å². The fraction of sp³-hybridized carbons (Fsp3) is 0.407. The Labute approximate surface area is 228 Å². The number of anilines is 2. The van der Waals surface area contributed by atoms with Crippen LogP contribution >= 0.6 is 11.6 Å². The van der Waals surface area contributed by atoms with Gasteiger partial charge in [-0.1, -0.05) is 50.6 Å². The Bertz CT molecular complexity index is 1480. The van der Waals surface area contributed by atoms with E-state index in [1.165, 1.54) is 8.99 Å². The monoisotopic (exact) mass is 559 g/mol. The molecule has 0 radical (unpaired) electrons. The van der Waals surface area contributed by atoms with Gasteiger partial charge >= 0.3 is 5.56 Å². The summed E-state index contributed by atoms with van der Waals surface area (Å²) in [4.78, 5) is 15.5. The van der Waals surface area contributed by atoms with Crippen molar-refractivity contribution in [2.45, 2.75) is 33.4 Å². The van der Waals surface area contributed by atoms with Gasteiger partial charge in [-0.3, -0.25) is 4.79 Å². The van der Waals surface area contributed by atoms with E-state index in [4.69, 9.17) is 22.1 Å². The molecule has 1 saturated heterocycles. The maximum absolute atomic E-state index is 13.5. The van der Waals surface area contributed by atoms with Gasteiger partial charge in [0.2, 0.25) is 15.8 Å². The van der Waals surface area contributed by atoms with Crippen molar-refractivity contribution in [1.82, 2.24) is 14.1 Å². The highest BCUT2D eigenvalue weighted by Crippen LogP contribution is 2.28. The summed E-state index contributed by atoms with van der Waals surface area (Å²) in [5, 5.41) is 4.88. The number of nitrogen functional groups attached to an aromatic ring is 1. The number of halogens is 1. The molecule has 0 unspecified atom stereocenters. The third-order valence-corrected chi connectivity index (χ3v) is 8.36. The van der Waals surface area contributed by atoms with Crippen molar-refractivity contribution in [2.24, 2.45) is 5.41 Å². The molecule has 2 N–H and O–H groups in total. The predicted octanol–water partition coefficient (Wildman–Crippen LogP) is 3.85. The Kier molecular flexibility index (Phi) is 8.06. The van der Waals surface area contributed by atoms with Gasteiger partial charge in [-0.25, -0.2) is 8.42 Å². The fourth-order valence-corrected chi connectivity index (χ4v) is 5.89. The number of nitrogens with two attached hydrogens (primary N) is 1. The van der Waals surface area contributed by atoms with Crippen LogP contribution in [-0.4, -0.2) is 55.3 Å². The highest BCUT2D eigenvalue weighted by atomic mass is 35.5. The molecule has 0 atom stereocenters. The Hall–Kier alpha value is -3.08. The summed E-state index contributed by atoms with van der Waals surface area (Å²) in [6.45, 7) is 9.61. The predicted molar refractivity (Wildman–Crippen MR) is 152 cm³/mol. The zero-order chi connectivity index (χ0) is 27.7. The van der Waals surface area contributed by atoms with Crippen LogP contribution in [0.15, 0.2) is 53.5 Å². The molecule has 3 aromatic rings. The second-order valence-corrected chi connectivity index (χ2v) is 13.1. The number of piperazine rings is 1. The Morgan fingerprint density at radius 2 is 1.79 bits per heavy atom. The van der Waals surface area contributed by atoms with Crippen molar-refractivity contribution < 1.29 is 13.2 Å². The van der Waals surface area contributed by atoms with Crippen molar-refractivity contribution in [3.63, 3.8) is 0 Å². The lowest BCUT2D eigenvalue weighted by atomic mass is 9.99. The van der Waals surface area contributed by atoms with Crippen LogP contribution in [0.25, 0.3) is 5.69 Å². The molecule has 1 aromatic heterocycles. The summed E-state index contributed by atoms with van der Waals surface area (Å²) in [6.07, 6.45) is 1.60. The van der Waals surface area contributed by atoms with E-state index in [9.17, 15) is 13.2 Å². The minimum absolute atomic E-state index is 0.0920. The van der Waals surface area contributed by atoms with E-state index in [0.29, 0.717) is 47.3 Å². The molecule has 1 aliphatic rings. The van der Waals surface area contributed by atoms with E-state index in [0.717, 1.165) is 5.56 Å². The standard InChI is InChI=1S/C27H34ClN5O4S/c1-19-14-20(8-9-23(19)29)17-38(35,36)32-12-10-31(11-13-32)24-16-30-33(22-7-5-6-21(28)15-22)26(34)25(24)37-18-27(2,3)4/h5-9,14-16H,10-13,17-18,29H2,1-4H3. The molecule has 0 bridgehead atoms. The van der Waals surface area contributed by atoms with Crippen LogP contribution in [0.5, 0.6) is 5.75 Å². The number of nitrogens with zero attached hydrogens (tertiary/aromatic N) is 4. The highest BCUT2D eigenvalue weighted by Gasteiger charge is 2.30. The average molecular weight is 560 g/mol. The smallest absolute Gasteiger partial charge is 0.316 e. The van der Waals surface area contributed by atoms with Crippen LogP contribution in [-0.2, 0) is 15.8 Å². The van der Waals surface area contributed by atoms with Gasteiger partial charge in [0.1, 0.15) is 5.69 Å². The van der Waals surface area contributed by atoms with Crippen molar-refractivity contribution >= 4 is 33.0 Å². The zero-order valence-corrected chi connectivity index (χ0v) is 23.7. The Morgan fingerprint density at radius 1 is 1.08 bits per heavy atom. The summed E-state index contributed by atoms with van der Waals surface area (Å²) >= 11 is 6.14. The largest absolute Gasteiger partial charge is 0.486 e. The molecular formula is C27H34ClN5O4S. The number of rotatable bonds is 7. The Balaban J connectivity index is 1.56. The molecule has 9 nitrogen and oxygen atoms in total. The minimum atomic E-state index is -3.53. The molecule has 2 aromatic carbocycles. The lowest BCUT2D eigenvalue weighted by Gasteiger charge is -2.36. The number of hydrogen-bond acceptors (Lipinski definition) is 7. The van der Waals surface area contributed by atoms with E-state index in [2.05, 4.69) is 5.10 Å². The Morgan fingerprint density at radius 3 is 2.42 bits per heavy atom. The summed E-state index contributed by atoms with van der Waals surface area (Å²) in [6, 6.07) is 12.2. The van der Waals surface area contributed by atoms with Crippen LogP contribution in [0.2, 0.25) is 5.02 Å². The number of benzene rings is 2. The SMILES string of the molecule is Cc1cc(CS(=O)(=O)N2CCN(c3cnn(-c4cccc(Cl)c4)c(=O)c3OCC(C)(C)C)CC2)ccc1N. The maximum atomic E-state index is 13.5. The second-order valence-electron chi connectivity index (χ2n) is 10.7. The molecule has 4 rings (SSSR count). The van der Waals surface area contributed by atoms with Crippen molar-refractivity contribution in [2.75, 3.05) is 43.4 Å². The van der Waals surface area contributed by atoms with Gasteiger partial charge in [-0.15, -0.1) is 0 Å². The number of ether oxygens (including phenoxy) is 1. The lowest BCUT2D eigenvalue weighted by molar-refractivity contribution is 0.195. The number of aryl methyl sites for hydroxylation is 1. The first-order valence-corrected chi connectivity index (χ1v) is 14.4.